The SMILES string of the molecule is C=C(C)/C(=C/C(=NC)C(/C=C\C)=N\C(=C\CCC)C(C)(C)CO)C(C)=O.CC.CN.Cc1ccccc1. The van der Waals surface area contributed by atoms with E-state index in [4.69, 9.17) is 4.99 Å². The molecule has 1 aromatic rings. The Morgan fingerprint density at radius 1 is 1.11 bits per heavy atom. The number of nitrogens with zero attached hydrogens (tertiary/aromatic N) is 2. The van der Waals surface area contributed by atoms with E-state index in [0.29, 0.717) is 22.6 Å². The van der Waals surface area contributed by atoms with Crippen LogP contribution in [0.5, 0.6) is 0 Å². The van der Waals surface area contributed by atoms with Crippen molar-refractivity contribution < 1.29 is 9.90 Å². The van der Waals surface area contributed by atoms with E-state index in [9.17, 15) is 9.90 Å². The average molecular weight is 512 g/mol. The van der Waals surface area contributed by atoms with Gasteiger partial charge in [0.05, 0.1) is 18.0 Å². The molecule has 0 amide bonds. The number of aliphatic imine (C=N–C) groups is 2. The zero-order chi connectivity index (χ0) is 29.4. The Bertz CT molecular complexity index is 903. The third kappa shape index (κ3) is 17.2. The van der Waals surface area contributed by atoms with Gasteiger partial charge in [-0.3, -0.25) is 14.8 Å². The van der Waals surface area contributed by atoms with Crippen molar-refractivity contribution in [3.63, 3.8) is 0 Å². The van der Waals surface area contributed by atoms with Crippen molar-refractivity contribution in [1.82, 2.24) is 0 Å². The number of carbonyl (C=O) groups is 1. The number of ketones is 1. The maximum Gasteiger partial charge on any atom is 0.160 e. The summed E-state index contributed by atoms with van der Waals surface area (Å²) in [6, 6.07) is 10.3. The number of nitrogens with two attached hydrogens (primary N) is 1. The third-order valence-electron chi connectivity index (χ3n) is 4.84. The van der Waals surface area contributed by atoms with E-state index < -0.39 is 5.41 Å². The molecule has 0 heterocycles. The number of rotatable bonds is 10. The molecule has 0 unspecified atom stereocenters. The number of Topliss-reactive ketones (excluding diaryl/α,β-unsaturated/α-hetero) is 1. The summed E-state index contributed by atoms with van der Waals surface area (Å²) in [6.07, 6.45) is 9.41. The lowest BCUT2D eigenvalue weighted by Crippen LogP contribution is -2.21. The maximum atomic E-state index is 11.9. The monoisotopic (exact) mass is 511 g/mol. The second-order valence-electron chi connectivity index (χ2n) is 8.58. The van der Waals surface area contributed by atoms with Gasteiger partial charge in [-0.25, -0.2) is 0 Å². The number of allylic oxidation sites excluding steroid dienone is 6. The summed E-state index contributed by atoms with van der Waals surface area (Å²) >= 11 is 0. The fourth-order valence-corrected chi connectivity index (χ4v) is 2.75. The minimum absolute atomic E-state index is 0.00588. The molecule has 5 nitrogen and oxygen atoms in total. The number of aryl methyl sites for hydroxylation is 1. The van der Waals surface area contributed by atoms with Crippen molar-refractivity contribution in [2.75, 3.05) is 20.7 Å². The fraction of sp³-hybridized carbons (Fsp3) is 0.469. The standard InChI is InChI=1S/C22H34N2O2.C7H8.C2H6.CH5N/c1-9-11-13-21(22(6,7)15-25)24-19(12-10-2)20(23-8)14-18(16(3)4)17(5)26;1-7-5-3-2-4-6-7;2*1-2/h10,12-14,25H,3,9,11,15H2,1-2,4-8H3;2-6H,1H3;1-2H3;2H2,1H3/b12-10-,18-14-,21-13+,23-20?,24-19-;;;. The molecule has 0 bridgehead atoms. The molecule has 1 aromatic carbocycles. The summed E-state index contributed by atoms with van der Waals surface area (Å²) in [5.41, 5.74) is 8.64. The van der Waals surface area contributed by atoms with Gasteiger partial charge in [0.1, 0.15) is 0 Å². The molecule has 0 saturated heterocycles. The lowest BCUT2D eigenvalue weighted by molar-refractivity contribution is -0.113. The van der Waals surface area contributed by atoms with E-state index in [0.717, 1.165) is 18.5 Å². The van der Waals surface area contributed by atoms with E-state index in [-0.39, 0.29) is 12.4 Å². The summed E-state index contributed by atoms with van der Waals surface area (Å²) < 4.78 is 0. The molecule has 0 saturated carbocycles. The predicted octanol–water partition coefficient (Wildman–Crippen LogP) is 7.46. The van der Waals surface area contributed by atoms with Crippen molar-refractivity contribution in [3.05, 3.63) is 83.6 Å². The Hall–Kier alpha value is -2.89. The molecule has 0 fully saturated rings. The molecule has 0 atom stereocenters. The van der Waals surface area contributed by atoms with E-state index in [1.165, 1.54) is 19.5 Å². The molecule has 0 radical (unpaired) electrons. The van der Waals surface area contributed by atoms with Crippen LogP contribution in [0.25, 0.3) is 0 Å². The zero-order valence-electron chi connectivity index (χ0n) is 25.4. The summed E-state index contributed by atoms with van der Waals surface area (Å²) in [7, 11) is 3.17. The van der Waals surface area contributed by atoms with Crippen molar-refractivity contribution in [2.24, 2.45) is 21.1 Å². The van der Waals surface area contributed by atoms with Crippen LogP contribution in [0.2, 0.25) is 0 Å². The zero-order valence-corrected chi connectivity index (χ0v) is 25.4. The molecule has 208 valence electrons. The molecule has 1 rings (SSSR count). The first-order valence-electron chi connectivity index (χ1n) is 13.0. The van der Waals surface area contributed by atoms with E-state index in [1.54, 1.807) is 20.0 Å². The average Bonchev–Trinajstić information content (AvgIpc) is 2.89. The number of benzene rings is 1. The highest BCUT2D eigenvalue weighted by atomic mass is 16.3. The van der Waals surface area contributed by atoms with Crippen molar-refractivity contribution >= 4 is 17.2 Å². The number of hydrogen-bond acceptors (Lipinski definition) is 5. The van der Waals surface area contributed by atoms with Crippen LogP contribution in [0.15, 0.2) is 88.0 Å². The fourth-order valence-electron chi connectivity index (χ4n) is 2.75. The van der Waals surface area contributed by atoms with Crippen LogP contribution in [-0.4, -0.2) is 43.0 Å². The van der Waals surface area contributed by atoms with Crippen LogP contribution in [-0.2, 0) is 4.79 Å². The molecule has 0 aliphatic rings. The Morgan fingerprint density at radius 3 is 1.97 bits per heavy atom. The van der Waals surface area contributed by atoms with Crippen LogP contribution < -0.4 is 5.73 Å². The van der Waals surface area contributed by atoms with Gasteiger partial charge in [-0.15, -0.1) is 0 Å². The van der Waals surface area contributed by atoms with Gasteiger partial charge in [-0.1, -0.05) is 95.7 Å². The normalized spacial score (nSPS) is 12.5. The highest BCUT2D eigenvalue weighted by Crippen LogP contribution is 2.28. The molecule has 37 heavy (non-hydrogen) atoms. The second-order valence-corrected chi connectivity index (χ2v) is 8.58. The highest BCUT2D eigenvalue weighted by molar-refractivity contribution is 6.51. The van der Waals surface area contributed by atoms with Crippen molar-refractivity contribution in [1.29, 1.82) is 0 Å². The maximum absolute atomic E-state index is 11.9. The quantitative estimate of drug-likeness (QED) is 0.194. The smallest absolute Gasteiger partial charge is 0.160 e. The van der Waals surface area contributed by atoms with Gasteiger partial charge in [0, 0.05) is 23.7 Å². The van der Waals surface area contributed by atoms with Crippen LogP contribution in [0, 0.1) is 12.3 Å². The minimum Gasteiger partial charge on any atom is -0.395 e. The Kier molecular flexibility index (Phi) is 24.5. The molecular formula is C32H53N3O2. The van der Waals surface area contributed by atoms with Gasteiger partial charge in [0.2, 0.25) is 0 Å². The number of aliphatic hydroxyl groups excluding tert-OH is 1. The molecule has 0 spiro atoms. The van der Waals surface area contributed by atoms with Gasteiger partial charge < -0.3 is 10.8 Å². The van der Waals surface area contributed by atoms with E-state index in [2.05, 4.69) is 49.4 Å². The summed E-state index contributed by atoms with van der Waals surface area (Å²) in [6.45, 7) is 21.2. The molecular weight excluding hydrogens is 458 g/mol. The number of hydrogen-bond donors (Lipinski definition) is 2. The first-order valence-corrected chi connectivity index (χ1v) is 13.0. The topological polar surface area (TPSA) is 88.0 Å². The van der Waals surface area contributed by atoms with Crippen LogP contribution in [0.3, 0.4) is 0 Å². The summed E-state index contributed by atoms with van der Waals surface area (Å²) in [4.78, 5) is 21.0. The largest absolute Gasteiger partial charge is 0.395 e. The number of carbonyl (C=O) groups excluding carboxylic acids is 1. The second kappa shape index (κ2) is 23.5. The van der Waals surface area contributed by atoms with E-state index in [1.807, 2.05) is 65.0 Å². The van der Waals surface area contributed by atoms with Crippen molar-refractivity contribution in [2.45, 2.75) is 75.2 Å². The Morgan fingerprint density at radius 2 is 1.65 bits per heavy atom. The summed E-state index contributed by atoms with van der Waals surface area (Å²) in [5, 5.41) is 9.77. The molecule has 5 heteroatoms. The molecule has 0 aliphatic carbocycles. The summed E-state index contributed by atoms with van der Waals surface area (Å²) in [5.74, 6) is -0.0593. The predicted molar refractivity (Wildman–Crippen MR) is 166 cm³/mol. The molecule has 3 N–H and O–H groups in total. The highest BCUT2D eigenvalue weighted by Gasteiger charge is 2.23. The Balaban J connectivity index is -0.000000871. The Labute approximate surface area is 227 Å². The van der Waals surface area contributed by atoms with Crippen LogP contribution in [0.1, 0.15) is 73.8 Å². The van der Waals surface area contributed by atoms with Crippen molar-refractivity contribution in [3.8, 4) is 0 Å². The third-order valence-corrected chi connectivity index (χ3v) is 4.84. The molecule has 0 aromatic heterocycles. The van der Waals surface area contributed by atoms with Gasteiger partial charge in [-0.2, -0.15) is 0 Å². The van der Waals surface area contributed by atoms with Gasteiger partial charge >= 0.3 is 0 Å². The van der Waals surface area contributed by atoms with E-state index >= 15 is 0 Å². The lowest BCUT2D eigenvalue weighted by atomic mass is 9.89. The van der Waals surface area contributed by atoms with Crippen LogP contribution in [0.4, 0.5) is 0 Å². The van der Waals surface area contributed by atoms with Gasteiger partial charge in [0.25, 0.3) is 0 Å². The van der Waals surface area contributed by atoms with Gasteiger partial charge in [0.15, 0.2) is 5.78 Å². The first kappa shape index (κ1) is 38.6. The van der Waals surface area contributed by atoms with Crippen LogP contribution >= 0.6 is 0 Å². The molecule has 0 aliphatic heterocycles. The number of unbranched alkanes of at least 4 members (excludes halogenated alkanes) is 1. The van der Waals surface area contributed by atoms with Gasteiger partial charge in [-0.05, 0) is 58.9 Å². The minimum atomic E-state index is -0.470. The number of aliphatic hydroxyl groups is 1. The first-order chi connectivity index (χ1) is 17.5. The lowest BCUT2D eigenvalue weighted by Gasteiger charge is -2.23.